The van der Waals surface area contributed by atoms with E-state index in [1.54, 1.807) is 29.2 Å². The predicted octanol–water partition coefficient (Wildman–Crippen LogP) is 2.64. The number of carbonyl (C=O) groups excluding carboxylic acids is 3. The average Bonchev–Trinajstić information content (AvgIpc) is 3.26. The first-order valence-corrected chi connectivity index (χ1v) is 11.0. The molecule has 4 rings (SSSR count). The van der Waals surface area contributed by atoms with E-state index in [2.05, 4.69) is 26.9 Å². The topological polar surface area (TPSA) is 106 Å². The van der Waals surface area contributed by atoms with Crippen LogP contribution in [0.2, 0.25) is 0 Å². The number of nitrogens with one attached hydrogen (secondary N) is 4. The van der Waals surface area contributed by atoms with Crippen LogP contribution in [0, 0.1) is 26.2 Å². The maximum atomic E-state index is 12.9. The van der Waals surface area contributed by atoms with Gasteiger partial charge in [0.2, 0.25) is 0 Å². The van der Waals surface area contributed by atoms with E-state index in [0.29, 0.717) is 47.6 Å². The van der Waals surface area contributed by atoms with Gasteiger partial charge in [-0.2, -0.15) is 0 Å². The van der Waals surface area contributed by atoms with Crippen LogP contribution in [0.3, 0.4) is 0 Å². The maximum absolute atomic E-state index is 12.9. The monoisotopic (exact) mass is 445 g/mol. The number of carbonyl (C=O) groups is 3. The van der Waals surface area contributed by atoms with Gasteiger partial charge in [-0.25, -0.2) is 4.79 Å². The minimum absolute atomic E-state index is 0.0468. The molecule has 8 heteroatoms. The number of terminal acetylenes is 1. The van der Waals surface area contributed by atoms with Gasteiger partial charge in [-0.15, -0.1) is 6.42 Å². The summed E-state index contributed by atoms with van der Waals surface area (Å²) in [5.74, 6) is 2.20. The molecule has 0 atom stereocenters. The summed E-state index contributed by atoms with van der Waals surface area (Å²) < 4.78 is 0. The van der Waals surface area contributed by atoms with Crippen molar-refractivity contribution in [2.45, 2.75) is 26.7 Å². The Kier molecular flexibility index (Phi) is 6.22. The van der Waals surface area contributed by atoms with Crippen LogP contribution < -0.4 is 16.0 Å². The fourth-order valence-electron chi connectivity index (χ4n) is 4.28. The summed E-state index contributed by atoms with van der Waals surface area (Å²) in [6.45, 7) is 6.22. The molecule has 2 aliphatic rings. The highest BCUT2D eigenvalue weighted by Gasteiger charge is 2.26. The summed E-state index contributed by atoms with van der Waals surface area (Å²) in [7, 11) is 0. The molecule has 4 amide bonds. The summed E-state index contributed by atoms with van der Waals surface area (Å²) in [6, 6.07) is 5.34. The van der Waals surface area contributed by atoms with E-state index in [4.69, 9.17) is 6.42 Å². The van der Waals surface area contributed by atoms with Crippen molar-refractivity contribution in [3.63, 3.8) is 0 Å². The highest BCUT2D eigenvalue weighted by Crippen LogP contribution is 2.34. The van der Waals surface area contributed by atoms with E-state index in [1.165, 1.54) is 0 Å². The summed E-state index contributed by atoms with van der Waals surface area (Å²) in [4.78, 5) is 42.2. The predicted molar refractivity (Wildman–Crippen MR) is 128 cm³/mol. The number of aromatic amines is 1. The summed E-state index contributed by atoms with van der Waals surface area (Å²) in [5.41, 5.74) is 5.41. The van der Waals surface area contributed by atoms with Gasteiger partial charge in [0.05, 0.1) is 11.1 Å². The second-order valence-electron chi connectivity index (χ2n) is 8.26. The number of nitrogens with zero attached hydrogens (tertiary/aromatic N) is 1. The Hall–Kier alpha value is -3.99. The lowest BCUT2D eigenvalue weighted by atomic mass is 10.0. The van der Waals surface area contributed by atoms with Crippen LogP contribution in [0.4, 0.5) is 10.5 Å². The summed E-state index contributed by atoms with van der Waals surface area (Å²) in [6.07, 6.45) is 8.88. The van der Waals surface area contributed by atoms with E-state index in [0.717, 1.165) is 36.3 Å². The third-order valence-corrected chi connectivity index (χ3v) is 6.02. The molecule has 0 saturated carbocycles. The lowest BCUT2D eigenvalue weighted by molar-refractivity contribution is -0.110. The third kappa shape index (κ3) is 4.48. The van der Waals surface area contributed by atoms with Gasteiger partial charge >= 0.3 is 6.03 Å². The highest BCUT2D eigenvalue weighted by atomic mass is 16.2. The van der Waals surface area contributed by atoms with Crippen molar-refractivity contribution in [3.8, 4) is 12.3 Å². The fraction of sp³-hybridized carbons (Fsp3) is 0.320. The lowest BCUT2D eigenvalue weighted by Gasteiger charge is -2.27. The minimum Gasteiger partial charge on any atom is -0.358 e. The molecule has 1 aromatic carbocycles. The van der Waals surface area contributed by atoms with Crippen molar-refractivity contribution in [2.24, 2.45) is 0 Å². The number of aromatic nitrogens is 1. The molecule has 1 fully saturated rings. The van der Waals surface area contributed by atoms with E-state index < -0.39 is 0 Å². The molecule has 2 aromatic rings. The Morgan fingerprint density at radius 2 is 2.12 bits per heavy atom. The van der Waals surface area contributed by atoms with Crippen LogP contribution in [0.1, 0.15) is 51.3 Å². The molecular weight excluding hydrogens is 418 g/mol. The van der Waals surface area contributed by atoms with Crippen LogP contribution in [0.25, 0.3) is 11.6 Å². The number of fused-ring (bicyclic) bond motifs is 1. The van der Waals surface area contributed by atoms with E-state index in [-0.39, 0.29) is 17.8 Å². The van der Waals surface area contributed by atoms with Gasteiger partial charge in [-0.3, -0.25) is 9.59 Å². The second-order valence-corrected chi connectivity index (χ2v) is 8.26. The van der Waals surface area contributed by atoms with Gasteiger partial charge in [-0.05, 0) is 56.5 Å². The molecule has 2 aliphatic heterocycles. The number of hydrogen-bond donors (Lipinski definition) is 4. The van der Waals surface area contributed by atoms with E-state index >= 15 is 0 Å². The number of H-pyrrole nitrogens is 1. The van der Waals surface area contributed by atoms with Gasteiger partial charge in [-0.1, -0.05) is 5.92 Å². The first kappa shape index (κ1) is 22.2. The second kappa shape index (κ2) is 9.25. The fourth-order valence-corrected chi connectivity index (χ4v) is 4.28. The smallest absolute Gasteiger partial charge is 0.317 e. The van der Waals surface area contributed by atoms with Crippen LogP contribution in [-0.2, 0) is 4.79 Å². The van der Waals surface area contributed by atoms with Crippen molar-refractivity contribution in [1.82, 2.24) is 20.5 Å². The first-order valence-electron chi connectivity index (χ1n) is 11.0. The van der Waals surface area contributed by atoms with Crippen molar-refractivity contribution in [2.75, 3.05) is 31.5 Å². The Morgan fingerprint density at radius 1 is 1.30 bits per heavy atom. The zero-order valence-electron chi connectivity index (χ0n) is 18.8. The zero-order chi connectivity index (χ0) is 23.5. The number of rotatable bonds is 6. The number of aryl methyl sites for hydroxylation is 1. The molecule has 3 heterocycles. The van der Waals surface area contributed by atoms with E-state index in [9.17, 15) is 14.4 Å². The molecule has 8 nitrogen and oxygen atoms in total. The molecule has 0 spiro atoms. The van der Waals surface area contributed by atoms with Gasteiger partial charge in [0.15, 0.2) is 0 Å². The molecular formula is C25H27N5O3. The van der Waals surface area contributed by atoms with Crippen molar-refractivity contribution < 1.29 is 14.4 Å². The molecule has 0 aliphatic carbocycles. The zero-order valence-corrected chi connectivity index (χ0v) is 18.8. The van der Waals surface area contributed by atoms with Crippen molar-refractivity contribution >= 4 is 35.2 Å². The number of urea groups is 1. The van der Waals surface area contributed by atoms with Gasteiger partial charge in [0, 0.05) is 54.4 Å². The lowest BCUT2D eigenvalue weighted by Crippen LogP contribution is -2.47. The molecule has 1 aromatic heterocycles. The molecule has 33 heavy (non-hydrogen) atoms. The number of anilines is 1. The first-order chi connectivity index (χ1) is 15.9. The Bertz CT molecular complexity index is 1200. The molecule has 0 radical (unpaired) electrons. The van der Waals surface area contributed by atoms with Gasteiger partial charge < -0.3 is 25.8 Å². The average molecular weight is 446 g/mol. The van der Waals surface area contributed by atoms with Crippen molar-refractivity contribution in [1.29, 1.82) is 0 Å². The standard InChI is InChI=1S/C25H27N5O3/c1-4-17-7-8-20-18(13-17)19(23(31)29-20)14-21-15(2)22(16(3)28-21)24(32)26-9-5-11-30-12-6-10-27-25(30)33/h1,7-8,13-14,28H,5-6,9-12H2,2-3H3,(H,26,32)(H,27,33)(H,29,31)/b19-14-. The van der Waals surface area contributed by atoms with Crippen LogP contribution in [0.15, 0.2) is 18.2 Å². The van der Waals surface area contributed by atoms with Crippen molar-refractivity contribution in [3.05, 3.63) is 51.8 Å². The van der Waals surface area contributed by atoms with Crippen LogP contribution in [0.5, 0.6) is 0 Å². The summed E-state index contributed by atoms with van der Waals surface area (Å²) in [5, 5.41) is 8.61. The highest BCUT2D eigenvalue weighted by molar-refractivity contribution is 6.35. The molecule has 1 saturated heterocycles. The van der Waals surface area contributed by atoms with Gasteiger partial charge in [0.1, 0.15) is 0 Å². The maximum Gasteiger partial charge on any atom is 0.317 e. The normalized spacial score (nSPS) is 16.3. The van der Waals surface area contributed by atoms with Crippen LogP contribution in [-0.4, -0.2) is 53.9 Å². The minimum atomic E-state index is -0.210. The Balaban J connectivity index is 1.46. The van der Waals surface area contributed by atoms with Crippen LogP contribution >= 0.6 is 0 Å². The Morgan fingerprint density at radius 3 is 2.88 bits per heavy atom. The third-order valence-electron chi connectivity index (χ3n) is 6.02. The largest absolute Gasteiger partial charge is 0.358 e. The number of amides is 4. The van der Waals surface area contributed by atoms with Gasteiger partial charge in [0.25, 0.3) is 11.8 Å². The number of benzene rings is 1. The summed E-state index contributed by atoms with van der Waals surface area (Å²) >= 11 is 0. The molecule has 170 valence electrons. The quantitative estimate of drug-likeness (QED) is 0.312. The number of hydrogen-bond acceptors (Lipinski definition) is 3. The SMILES string of the molecule is C#Cc1ccc2c(c1)/C(=C/c1[nH]c(C)c(C(=O)NCCCN3CCCNC3=O)c1C)C(=O)N2. The molecule has 0 bridgehead atoms. The molecule has 4 N–H and O–H groups in total. The van der Waals surface area contributed by atoms with E-state index in [1.807, 2.05) is 13.8 Å². The molecule has 0 unspecified atom stereocenters. The Labute approximate surface area is 192 Å².